The highest BCUT2D eigenvalue weighted by Gasteiger charge is 2.23. The molecule has 0 heterocycles. The summed E-state index contributed by atoms with van der Waals surface area (Å²) in [7, 11) is 0. The largest absolute Gasteiger partial charge is 0.0632 e. The van der Waals surface area contributed by atoms with E-state index in [2.05, 4.69) is 70.2 Å². The third-order valence-electron chi connectivity index (χ3n) is 5.07. The molecule has 1 unspecified atom stereocenters. The van der Waals surface area contributed by atoms with Crippen molar-refractivity contribution in [2.24, 2.45) is 5.92 Å². The normalized spacial score (nSPS) is 19.3. The van der Waals surface area contributed by atoms with E-state index in [9.17, 15) is 0 Å². The molecule has 0 spiro atoms. The Balaban J connectivity index is 2.07. The van der Waals surface area contributed by atoms with Crippen LogP contribution in [0.15, 0.2) is 64.8 Å². The summed E-state index contributed by atoms with van der Waals surface area (Å²) in [5, 5.41) is 2.73. The lowest BCUT2D eigenvalue weighted by molar-refractivity contribution is 0.813. The fourth-order valence-electron chi connectivity index (χ4n) is 3.35. The zero-order chi connectivity index (χ0) is 14.3. The molecule has 0 radical (unpaired) electrons. The molecule has 0 fully saturated rings. The van der Waals surface area contributed by atoms with Crippen molar-refractivity contribution in [1.82, 2.24) is 0 Å². The van der Waals surface area contributed by atoms with Gasteiger partial charge in [-0.25, -0.2) is 0 Å². The molecule has 20 heavy (non-hydrogen) atoms. The lowest BCUT2D eigenvalue weighted by Crippen LogP contribution is -1.95. The van der Waals surface area contributed by atoms with Gasteiger partial charge in [0.1, 0.15) is 0 Å². The molecular formula is C20H22. The smallest absolute Gasteiger partial charge is 0.00151 e. The third kappa shape index (κ3) is 2.00. The van der Waals surface area contributed by atoms with Gasteiger partial charge in [-0.05, 0) is 60.6 Å². The summed E-state index contributed by atoms with van der Waals surface area (Å²) in [5.74, 6) is 0.611. The first-order chi connectivity index (χ1) is 9.59. The van der Waals surface area contributed by atoms with Gasteiger partial charge >= 0.3 is 0 Å². The minimum absolute atomic E-state index is 0.611. The van der Waals surface area contributed by atoms with E-state index in [0.29, 0.717) is 5.92 Å². The molecule has 1 atom stereocenters. The summed E-state index contributed by atoms with van der Waals surface area (Å²) in [6, 6.07) is 15.3. The van der Waals surface area contributed by atoms with E-state index < -0.39 is 0 Å². The molecule has 0 amide bonds. The van der Waals surface area contributed by atoms with Crippen molar-refractivity contribution in [1.29, 1.82) is 0 Å². The van der Waals surface area contributed by atoms with Gasteiger partial charge in [0.2, 0.25) is 0 Å². The second-order valence-corrected chi connectivity index (χ2v) is 6.01. The standard InChI is InChI=1S/C20H22/c1-13-14(2)16(4)20(15(13)3)12-18-10-7-9-17-8-5-6-11-19(17)18/h5-11,13H,12H2,1-4H3. The molecule has 0 saturated heterocycles. The van der Waals surface area contributed by atoms with E-state index >= 15 is 0 Å². The van der Waals surface area contributed by atoms with Crippen molar-refractivity contribution in [2.45, 2.75) is 34.1 Å². The third-order valence-corrected chi connectivity index (χ3v) is 5.07. The lowest BCUT2D eigenvalue weighted by Gasteiger charge is -2.11. The molecule has 3 rings (SSSR count). The van der Waals surface area contributed by atoms with Crippen LogP contribution in [0, 0.1) is 5.92 Å². The van der Waals surface area contributed by atoms with Crippen LogP contribution < -0.4 is 0 Å². The number of hydrogen-bond acceptors (Lipinski definition) is 0. The molecule has 0 saturated carbocycles. The van der Waals surface area contributed by atoms with Crippen LogP contribution in [-0.2, 0) is 6.42 Å². The first-order valence-corrected chi connectivity index (χ1v) is 7.43. The molecule has 1 aliphatic rings. The number of rotatable bonds is 2. The average molecular weight is 262 g/mol. The number of hydrogen-bond donors (Lipinski definition) is 0. The van der Waals surface area contributed by atoms with Crippen LogP contribution in [-0.4, -0.2) is 0 Å². The van der Waals surface area contributed by atoms with Gasteiger partial charge in [0.05, 0.1) is 0 Å². The molecule has 0 aromatic heterocycles. The summed E-state index contributed by atoms with van der Waals surface area (Å²) in [6.07, 6.45) is 1.06. The SMILES string of the molecule is CC1=C(C)C(C)C(C)=C1Cc1cccc2ccccc12. The van der Waals surface area contributed by atoms with E-state index in [-0.39, 0.29) is 0 Å². The van der Waals surface area contributed by atoms with Gasteiger partial charge in [-0.15, -0.1) is 0 Å². The molecule has 0 N–H and O–H groups in total. The Bertz CT molecular complexity index is 723. The highest BCUT2D eigenvalue weighted by atomic mass is 14.3. The van der Waals surface area contributed by atoms with Crippen molar-refractivity contribution in [2.75, 3.05) is 0 Å². The van der Waals surface area contributed by atoms with Crippen molar-refractivity contribution >= 4 is 10.8 Å². The van der Waals surface area contributed by atoms with E-state index in [1.807, 2.05) is 0 Å². The summed E-state index contributed by atoms with van der Waals surface area (Å²) in [5.41, 5.74) is 7.58. The summed E-state index contributed by atoms with van der Waals surface area (Å²) in [6.45, 7) is 9.18. The van der Waals surface area contributed by atoms with Crippen LogP contribution in [0.25, 0.3) is 10.8 Å². The fourth-order valence-corrected chi connectivity index (χ4v) is 3.35. The van der Waals surface area contributed by atoms with Crippen molar-refractivity contribution < 1.29 is 0 Å². The van der Waals surface area contributed by atoms with Gasteiger partial charge < -0.3 is 0 Å². The summed E-state index contributed by atoms with van der Waals surface area (Å²) < 4.78 is 0. The fraction of sp³-hybridized carbons (Fsp3) is 0.300. The van der Waals surface area contributed by atoms with Gasteiger partial charge in [-0.2, -0.15) is 0 Å². The topological polar surface area (TPSA) is 0 Å². The highest BCUT2D eigenvalue weighted by molar-refractivity contribution is 5.86. The van der Waals surface area contributed by atoms with Crippen LogP contribution in [0.3, 0.4) is 0 Å². The monoisotopic (exact) mass is 262 g/mol. The Kier molecular flexibility index (Phi) is 3.25. The first kappa shape index (κ1) is 13.2. The average Bonchev–Trinajstić information content (AvgIpc) is 2.65. The predicted molar refractivity (Wildman–Crippen MR) is 87.9 cm³/mol. The van der Waals surface area contributed by atoms with Gasteiger partial charge in [0, 0.05) is 0 Å². The van der Waals surface area contributed by atoms with Crippen molar-refractivity contribution in [3.05, 3.63) is 70.3 Å². The van der Waals surface area contributed by atoms with Gasteiger partial charge in [0.15, 0.2) is 0 Å². The maximum absolute atomic E-state index is 2.32. The van der Waals surface area contributed by atoms with Crippen LogP contribution in [0.2, 0.25) is 0 Å². The molecular weight excluding hydrogens is 240 g/mol. The number of fused-ring (bicyclic) bond motifs is 1. The molecule has 102 valence electrons. The molecule has 0 heteroatoms. The van der Waals surface area contributed by atoms with Crippen LogP contribution in [0.4, 0.5) is 0 Å². The second kappa shape index (κ2) is 4.94. The van der Waals surface area contributed by atoms with Gasteiger partial charge in [0.25, 0.3) is 0 Å². The Morgan fingerprint density at radius 3 is 2.25 bits per heavy atom. The maximum Gasteiger partial charge on any atom is -0.00151 e. The van der Waals surface area contributed by atoms with E-state index in [4.69, 9.17) is 0 Å². The first-order valence-electron chi connectivity index (χ1n) is 7.43. The second-order valence-electron chi connectivity index (χ2n) is 6.01. The number of allylic oxidation sites excluding steroid dienone is 4. The lowest BCUT2D eigenvalue weighted by atomic mass is 9.94. The highest BCUT2D eigenvalue weighted by Crippen LogP contribution is 2.38. The summed E-state index contributed by atoms with van der Waals surface area (Å²) in [4.78, 5) is 0. The van der Waals surface area contributed by atoms with Crippen molar-refractivity contribution in [3.8, 4) is 0 Å². The van der Waals surface area contributed by atoms with Crippen LogP contribution in [0.5, 0.6) is 0 Å². The maximum atomic E-state index is 2.32. The predicted octanol–water partition coefficient (Wildman–Crippen LogP) is 5.68. The molecule has 0 bridgehead atoms. The Labute approximate surface area is 121 Å². The quantitative estimate of drug-likeness (QED) is 0.652. The molecule has 2 aromatic carbocycles. The van der Waals surface area contributed by atoms with Crippen LogP contribution in [0.1, 0.15) is 33.3 Å². The zero-order valence-corrected chi connectivity index (χ0v) is 12.8. The van der Waals surface area contributed by atoms with Crippen LogP contribution >= 0.6 is 0 Å². The van der Waals surface area contributed by atoms with E-state index in [1.54, 1.807) is 11.1 Å². The minimum atomic E-state index is 0.611. The molecule has 0 nitrogen and oxygen atoms in total. The van der Waals surface area contributed by atoms with Gasteiger partial charge in [-0.3, -0.25) is 0 Å². The zero-order valence-electron chi connectivity index (χ0n) is 12.8. The van der Waals surface area contributed by atoms with Crippen molar-refractivity contribution in [3.63, 3.8) is 0 Å². The number of benzene rings is 2. The molecule has 2 aromatic rings. The summed E-state index contributed by atoms with van der Waals surface area (Å²) >= 11 is 0. The molecule has 0 aliphatic heterocycles. The Morgan fingerprint density at radius 2 is 1.55 bits per heavy atom. The van der Waals surface area contributed by atoms with E-state index in [1.165, 1.54) is 27.5 Å². The Morgan fingerprint density at radius 1 is 0.850 bits per heavy atom. The van der Waals surface area contributed by atoms with Gasteiger partial charge in [-0.1, -0.05) is 60.5 Å². The van der Waals surface area contributed by atoms with E-state index in [0.717, 1.165) is 6.42 Å². The minimum Gasteiger partial charge on any atom is -0.0632 e. The Hall–Kier alpha value is -1.82. The molecule has 1 aliphatic carbocycles.